The van der Waals surface area contributed by atoms with Crippen LogP contribution in [0.3, 0.4) is 0 Å². The third-order valence-corrected chi connectivity index (χ3v) is 5.68. The zero-order valence-corrected chi connectivity index (χ0v) is 18.4. The van der Waals surface area contributed by atoms with Crippen molar-refractivity contribution in [2.75, 3.05) is 5.73 Å². The second-order valence-electron chi connectivity index (χ2n) is 8.12. The maximum absolute atomic E-state index is 13.1. The second-order valence-corrected chi connectivity index (χ2v) is 8.12. The highest BCUT2D eigenvalue weighted by molar-refractivity contribution is 6.03. The molecule has 2 aromatic carbocycles. The third-order valence-electron chi connectivity index (χ3n) is 5.68. The lowest BCUT2D eigenvalue weighted by atomic mass is 10.0. The van der Waals surface area contributed by atoms with Crippen molar-refractivity contribution in [3.05, 3.63) is 94.6 Å². The summed E-state index contributed by atoms with van der Waals surface area (Å²) < 4.78 is 5.98. The number of pyridine rings is 1. The van der Waals surface area contributed by atoms with Gasteiger partial charge in [-0.15, -0.1) is 0 Å². The molecule has 3 aromatic heterocycles. The van der Waals surface area contributed by atoms with Crippen LogP contribution in [0, 0.1) is 13.8 Å². The van der Waals surface area contributed by atoms with Crippen molar-refractivity contribution in [2.45, 2.75) is 26.8 Å². The van der Waals surface area contributed by atoms with Crippen molar-refractivity contribution < 1.29 is 9.21 Å². The minimum atomic E-state index is -0.350. The number of benzene rings is 2. The van der Waals surface area contributed by atoms with Crippen LogP contribution >= 0.6 is 0 Å². The molecule has 7 heteroatoms. The van der Waals surface area contributed by atoms with E-state index in [9.17, 15) is 4.79 Å². The standard InChI is InChI=1S/C26H23N5O2/c1-15-11-18(12-16(2)21(15)27)14-29-25(32)24-30-20(13-17-7-4-3-5-8-17)23-22(31-24)19-9-6-10-28-26(19)33-23/h3-12H,13-14,27H2,1-2H3,(H,29,32). The molecule has 3 N–H and O–H groups in total. The molecule has 0 aliphatic carbocycles. The molecule has 0 fully saturated rings. The number of fused-ring (bicyclic) bond motifs is 3. The minimum absolute atomic E-state index is 0.101. The first-order chi connectivity index (χ1) is 16.0. The van der Waals surface area contributed by atoms with Crippen molar-refractivity contribution in [1.82, 2.24) is 20.3 Å². The zero-order valence-electron chi connectivity index (χ0n) is 18.4. The van der Waals surface area contributed by atoms with Gasteiger partial charge in [-0.25, -0.2) is 15.0 Å². The molecule has 0 aliphatic heterocycles. The van der Waals surface area contributed by atoms with Gasteiger partial charge in [0.25, 0.3) is 5.91 Å². The van der Waals surface area contributed by atoms with Gasteiger partial charge in [-0.05, 0) is 48.2 Å². The number of nitrogens with two attached hydrogens (primary N) is 1. The summed E-state index contributed by atoms with van der Waals surface area (Å²) in [4.78, 5) is 26.5. The topological polar surface area (TPSA) is 107 Å². The van der Waals surface area contributed by atoms with Crippen LogP contribution < -0.4 is 11.1 Å². The van der Waals surface area contributed by atoms with Gasteiger partial charge in [-0.2, -0.15) is 0 Å². The van der Waals surface area contributed by atoms with Crippen molar-refractivity contribution in [3.63, 3.8) is 0 Å². The molecule has 5 rings (SSSR count). The maximum Gasteiger partial charge on any atom is 0.289 e. The Balaban J connectivity index is 1.52. The number of nitrogens with one attached hydrogen (secondary N) is 1. The first kappa shape index (κ1) is 20.6. The van der Waals surface area contributed by atoms with Gasteiger partial charge in [0.15, 0.2) is 5.58 Å². The van der Waals surface area contributed by atoms with Crippen molar-refractivity contribution in [3.8, 4) is 0 Å². The van der Waals surface area contributed by atoms with E-state index in [-0.39, 0.29) is 11.7 Å². The van der Waals surface area contributed by atoms with Gasteiger partial charge in [-0.1, -0.05) is 42.5 Å². The fraction of sp³-hybridized carbons (Fsp3) is 0.154. The van der Waals surface area contributed by atoms with Gasteiger partial charge >= 0.3 is 0 Å². The Morgan fingerprint density at radius 1 is 1.00 bits per heavy atom. The Hall–Kier alpha value is -4.26. The molecular weight excluding hydrogens is 414 g/mol. The van der Waals surface area contributed by atoms with E-state index < -0.39 is 0 Å². The van der Waals surface area contributed by atoms with Crippen LogP contribution in [-0.2, 0) is 13.0 Å². The van der Waals surface area contributed by atoms with Gasteiger partial charge < -0.3 is 15.5 Å². The number of anilines is 1. The number of amides is 1. The van der Waals surface area contributed by atoms with Gasteiger partial charge in [0.05, 0.1) is 11.1 Å². The fourth-order valence-electron chi connectivity index (χ4n) is 3.97. The van der Waals surface area contributed by atoms with Gasteiger partial charge in [0, 0.05) is 24.8 Å². The number of hydrogen-bond donors (Lipinski definition) is 2. The number of aryl methyl sites for hydroxylation is 2. The Morgan fingerprint density at radius 2 is 1.76 bits per heavy atom. The molecule has 0 unspecified atom stereocenters. The van der Waals surface area contributed by atoms with E-state index in [2.05, 4.69) is 20.3 Å². The Bertz CT molecular complexity index is 1470. The lowest BCUT2D eigenvalue weighted by molar-refractivity contribution is 0.0940. The number of carbonyl (C=O) groups is 1. The van der Waals surface area contributed by atoms with Crippen LogP contribution in [0.2, 0.25) is 0 Å². The average molecular weight is 438 g/mol. The molecule has 0 radical (unpaired) electrons. The molecule has 0 saturated carbocycles. The smallest absolute Gasteiger partial charge is 0.289 e. The van der Waals surface area contributed by atoms with E-state index in [0.717, 1.165) is 33.3 Å². The first-order valence-electron chi connectivity index (χ1n) is 10.7. The normalized spacial score (nSPS) is 11.2. The number of furan rings is 1. The van der Waals surface area contributed by atoms with Gasteiger partial charge in [0.1, 0.15) is 5.52 Å². The maximum atomic E-state index is 13.1. The summed E-state index contributed by atoms with van der Waals surface area (Å²) >= 11 is 0. The van der Waals surface area contributed by atoms with Gasteiger partial charge in [0.2, 0.25) is 11.5 Å². The molecule has 0 bridgehead atoms. The monoisotopic (exact) mass is 437 g/mol. The summed E-state index contributed by atoms with van der Waals surface area (Å²) in [6, 6.07) is 17.6. The van der Waals surface area contributed by atoms with Crippen molar-refractivity contribution in [1.29, 1.82) is 0 Å². The fourth-order valence-corrected chi connectivity index (χ4v) is 3.97. The number of rotatable bonds is 5. The molecule has 1 amide bonds. The molecule has 7 nitrogen and oxygen atoms in total. The largest absolute Gasteiger partial charge is 0.434 e. The summed E-state index contributed by atoms with van der Waals surface area (Å²) in [7, 11) is 0. The summed E-state index contributed by atoms with van der Waals surface area (Å²) in [5.41, 5.74) is 13.1. The molecule has 0 atom stereocenters. The summed E-state index contributed by atoms with van der Waals surface area (Å²) in [5, 5.41) is 3.69. The molecule has 33 heavy (non-hydrogen) atoms. The number of aromatic nitrogens is 3. The summed E-state index contributed by atoms with van der Waals surface area (Å²) in [6.45, 7) is 4.26. The highest BCUT2D eigenvalue weighted by atomic mass is 16.3. The molecule has 164 valence electrons. The van der Waals surface area contributed by atoms with Crippen LogP contribution in [-0.4, -0.2) is 20.9 Å². The predicted octanol–water partition coefficient (Wildman–Crippen LogP) is 4.49. The Morgan fingerprint density at radius 3 is 2.52 bits per heavy atom. The summed E-state index contributed by atoms with van der Waals surface area (Å²) in [6.07, 6.45) is 2.18. The summed E-state index contributed by atoms with van der Waals surface area (Å²) in [5.74, 6) is -0.250. The van der Waals surface area contributed by atoms with Crippen molar-refractivity contribution in [2.24, 2.45) is 0 Å². The molecule has 0 aliphatic rings. The van der Waals surface area contributed by atoms with Gasteiger partial charge in [-0.3, -0.25) is 4.79 Å². The number of nitrogen functional groups attached to an aromatic ring is 1. The van der Waals surface area contributed by atoms with Crippen LogP contribution in [0.5, 0.6) is 0 Å². The van der Waals surface area contributed by atoms with E-state index in [1.54, 1.807) is 6.20 Å². The van der Waals surface area contributed by atoms with Crippen LogP contribution in [0.15, 0.2) is 65.2 Å². The number of hydrogen-bond acceptors (Lipinski definition) is 6. The zero-order chi connectivity index (χ0) is 22.9. The Labute approximate surface area is 190 Å². The minimum Gasteiger partial charge on any atom is -0.434 e. The van der Waals surface area contributed by atoms with E-state index in [0.29, 0.717) is 35.5 Å². The average Bonchev–Trinajstić information content (AvgIpc) is 3.20. The number of carbonyl (C=O) groups excluding carboxylic acids is 1. The van der Waals surface area contributed by atoms with E-state index >= 15 is 0 Å². The third kappa shape index (κ3) is 4.01. The first-order valence-corrected chi connectivity index (χ1v) is 10.7. The SMILES string of the molecule is Cc1cc(CNC(=O)c2nc(Cc3ccccc3)c3oc4ncccc4c3n2)cc(C)c1N. The Kier molecular flexibility index (Phi) is 5.22. The lowest BCUT2D eigenvalue weighted by Crippen LogP contribution is -2.25. The van der Waals surface area contributed by atoms with Crippen LogP contribution in [0.1, 0.15) is 38.6 Å². The molecule has 5 aromatic rings. The predicted molar refractivity (Wildman–Crippen MR) is 128 cm³/mol. The van der Waals surface area contributed by atoms with Crippen LogP contribution in [0.4, 0.5) is 5.69 Å². The lowest BCUT2D eigenvalue weighted by Gasteiger charge is -2.10. The highest BCUT2D eigenvalue weighted by Gasteiger charge is 2.20. The molecule has 0 saturated heterocycles. The number of nitrogens with zero attached hydrogens (tertiary/aromatic N) is 3. The molecule has 3 heterocycles. The van der Waals surface area contributed by atoms with E-state index in [1.807, 2.05) is 68.4 Å². The van der Waals surface area contributed by atoms with E-state index in [1.165, 1.54) is 0 Å². The quantitative estimate of drug-likeness (QED) is 0.392. The van der Waals surface area contributed by atoms with Crippen molar-refractivity contribution >= 4 is 33.8 Å². The van der Waals surface area contributed by atoms with Crippen LogP contribution in [0.25, 0.3) is 22.2 Å². The molecular formula is C26H23N5O2. The highest BCUT2D eigenvalue weighted by Crippen LogP contribution is 2.28. The van der Waals surface area contributed by atoms with E-state index in [4.69, 9.17) is 10.2 Å². The second kappa shape index (κ2) is 8.35. The molecule has 0 spiro atoms.